The molecule has 0 N–H and O–H groups in total. The maximum Gasteiger partial charge on any atom is 0.302 e. The first-order valence-electron chi connectivity index (χ1n) is 5.62. The molecular weight excluding hydrogens is 226 g/mol. The van der Waals surface area contributed by atoms with E-state index in [1.54, 1.807) is 6.08 Å². The fourth-order valence-electron chi connectivity index (χ4n) is 0.686. The molecule has 0 spiro atoms. The molecule has 0 heterocycles. The second-order valence-corrected chi connectivity index (χ2v) is 3.67. The number of hydrogen-bond donors (Lipinski definition) is 0. The second kappa shape index (κ2) is 13.2. The predicted molar refractivity (Wildman–Crippen MR) is 79.0 cm³/mol. The minimum Gasteiger partial charge on any atom is -0.464 e. The Morgan fingerprint density at radius 1 is 1.33 bits per heavy atom. The first-order chi connectivity index (χ1) is 8.43. The summed E-state index contributed by atoms with van der Waals surface area (Å²) in [6.07, 6.45) is 7.67. The molecule has 0 unspecified atom stereocenters. The third-order valence-electron chi connectivity index (χ3n) is 1.56. The molecule has 0 aliphatic carbocycles. The Morgan fingerprint density at radius 3 is 2.33 bits per heavy atom. The van der Waals surface area contributed by atoms with Gasteiger partial charge in [0.25, 0.3) is 0 Å². The number of rotatable bonds is 6. The standard InChI is InChI=1S/C10H14.C5H9NO2/c1-5-10(4)8-6-7-9(2)3;1-5(7)8-4-3-6-2/h5-8H,1,4H2,2-3H3;2-4H2,1H3/b8-6+;. The molecule has 0 radical (unpaired) electrons. The molecule has 0 aromatic rings. The lowest BCUT2D eigenvalue weighted by atomic mass is 10.2. The van der Waals surface area contributed by atoms with Gasteiger partial charge in [0.2, 0.25) is 0 Å². The van der Waals surface area contributed by atoms with Crippen LogP contribution in [0.3, 0.4) is 0 Å². The number of carbonyl (C=O) groups is 1. The van der Waals surface area contributed by atoms with E-state index in [0.29, 0.717) is 13.2 Å². The summed E-state index contributed by atoms with van der Waals surface area (Å²) in [6.45, 7) is 16.8. The lowest BCUT2D eigenvalue weighted by molar-refractivity contribution is -0.140. The van der Waals surface area contributed by atoms with Crippen molar-refractivity contribution in [1.29, 1.82) is 0 Å². The van der Waals surface area contributed by atoms with Gasteiger partial charge < -0.3 is 4.74 Å². The zero-order chi connectivity index (χ0) is 14.4. The fourth-order valence-corrected chi connectivity index (χ4v) is 0.686. The highest BCUT2D eigenvalue weighted by Gasteiger charge is 1.87. The van der Waals surface area contributed by atoms with Crippen LogP contribution >= 0.6 is 0 Å². The van der Waals surface area contributed by atoms with Gasteiger partial charge in [0.15, 0.2) is 0 Å². The summed E-state index contributed by atoms with van der Waals surface area (Å²) in [5.74, 6) is -0.270. The molecule has 0 aliphatic heterocycles. The van der Waals surface area contributed by atoms with Gasteiger partial charge in [-0.15, -0.1) is 0 Å². The van der Waals surface area contributed by atoms with Crippen molar-refractivity contribution < 1.29 is 9.53 Å². The molecule has 100 valence electrons. The summed E-state index contributed by atoms with van der Waals surface area (Å²) in [5, 5.41) is 0. The van der Waals surface area contributed by atoms with E-state index in [0.717, 1.165) is 5.57 Å². The van der Waals surface area contributed by atoms with Crippen molar-refractivity contribution in [1.82, 2.24) is 0 Å². The lowest BCUT2D eigenvalue weighted by Gasteiger charge is -1.94. The van der Waals surface area contributed by atoms with Crippen LogP contribution in [0.5, 0.6) is 0 Å². The molecule has 0 rings (SSSR count). The van der Waals surface area contributed by atoms with Crippen LogP contribution in [0.2, 0.25) is 0 Å². The summed E-state index contributed by atoms with van der Waals surface area (Å²) in [6, 6.07) is 0. The number of esters is 1. The lowest BCUT2D eigenvalue weighted by Crippen LogP contribution is -2.02. The number of carbonyl (C=O) groups excluding carboxylic acids is 1. The number of hydrogen-bond acceptors (Lipinski definition) is 3. The van der Waals surface area contributed by atoms with E-state index in [2.05, 4.69) is 43.5 Å². The molecule has 0 atom stereocenters. The predicted octanol–water partition coefficient (Wildman–Crippen LogP) is 3.50. The molecule has 0 bridgehead atoms. The summed E-state index contributed by atoms with van der Waals surface area (Å²) >= 11 is 0. The van der Waals surface area contributed by atoms with Gasteiger partial charge in [-0.1, -0.05) is 43.0 Å². The van der Waals surface area contributed by atoms with Gasteiger partial charge >= 0.3 is 5.97 Å². The zero-order valence-electron chi connectivity index (χ0n) is 11.6. The molecule has 3 heteroatoms. The third kappa shape index (κ3) is 19.6. The number of nitrogens with zero attached hydrogens (tertiary/aromatic N) is 1. The number of ether oxygens (including phenoxy) is 1. The van der Waals surface area contributed by atoms with Gasteiger partial charge in [-0.3, -0.25) is 9.79 Å². The summed E-state index contributed by atoms with van der Waals surface area (Å²) in [7, 11) is 0. The minimum absolute atomic E-state index is 0.270. The van der Waals surface area contributed by atoms with Gasteiger partial charge in [0, 0.05) is 6.92 Å². The Kier molecular flexibility index (Phi) is 13.5. The van der Waals surface area contributed by atoms with Gasteiger partial charge in [-0.2, -0.15) is 0 Å². The molecule has 0 aliphatic rings. The smallest absolute Gasteiger partial charge is 0.302 e. The van der Waals surface area contributed by atoms with Crippen LogP contribution in [0.1, 0.15) is 20.8 Å². The van der Waals surface area contributed by atoms with Crippen LogP contribution in [-0.2, 0) is 9.53 Å². The van der Waals surface area contributed by atoms with Gasteiger partial charge in [-0.05, 0) is 26.1 Å². The highest BCUT2D eigenvalue weighted by atomic mass is 16.5. The molecule has 0 saturated heterocycles. The monoisotopic (exact) mass is 249 g/mol. The van der Waals surface area contributed by atoms with E-state index in [9.17, 15) is 4.79 Å². The van der Waals surface area contributed by atoms with Crippen LogP contribution in [0, 0.1) is 0 Å². The molecule has 0 fully saturated rings. The topological polar surface area (TPSA) is 38.7 Å². The average Bonchev–Trinajstić information content (AvgIpc) is 2.29. The maximum atomic E-state index is 10.0. The Hall–Kier alpha value is -1.90. The van der Waals surface area contributed by atoms with Crippen molar-refractivity contribution in [2.45, 2.75) is 20.8 Å². The largest absolute Gasteiger partial charge is 0.464 e. The van der Waals surface area contributed by atoms with Crippen LogP contribution in [-0.4, -0.2) is 25.8 Å². The minimum atomic E-state index is -0.270. The molecular formula is C15H23NO2. The van der Waals surface area contributed by atoms with Crippen LogP contribution in [0.4, 0.5) is 0 Å². The van der Waals surface area contributed by atoms with E-state index < -0.39 is 0 Å². The average molecular weight is 249 g/mol. The summed E-state index contributed by atoms with van der Waals surface area (Å²) < 4.78 is 4.51. The Morgan fingerprint density at radius 2 is 1.94 bits per heavy atom. The first-order valence-corrected chi connectivity index (χ1v) is 5.62. The Bertz CT molecular complexity index is 334. The molecule has 18 heavy (non-hydrogen) atoms. The van der Waals surface area contributed by atoms with Crippen LogP contribution in [0.15, 0.2) is 53.6 Å². The van der Waals surface area contributed by atoms with Crippen LogP contribution < -0.4 is 0 Å². The molecule has 0 aromatic heterocycles. The van der Waals surface area contributed by atoms with Crippen LogP contribution in [0.25, 0.3) is 0 Å². The van der Waals surface area contributed by atoms with Crippen molar-refractivity contribution in [3.63, 3.8) is 0 Å². The maximum absolute atomic E-state index is 10.0. The molecule has 0 saturated carbocycles. The summed E-state index contributed by atoms with van der Waals surface area (Å²) in [4.78, 5) is 13.5. The third-order valence-corrected chi connectivity index (χ3v) is 1.56. The SMILES string of the molecule is C=CC(=C)/C=C/C=C(C)C.C=NCCOC(C)=O. The van der Waals surface area contributed by atoms with E-state index >= 15 is 0 Å². The first kappa shape index (κ1) is 18.5. The number of allylic oxidation sites excluding steroid dienone is 6. The van der Waals surface area contributed by atoms with E-state index in [-0.39, 0.29) is 5.97 Å². The molecule has 0 amide bonds. The van der Waals surface area contributed by atoms with Gasteiger partial charge in [0.05, 0.1) is 6.54 Å². The zero-order valence-corrected chi connectivity index (χ0v) is 11.6. The van der Waals surface area contributed by atoms with Crippen molar-refractivity contribution in [2.24, 2.45) is 4.99 Å². The highest BCUT2D eigenvalue weighted by Crippen LogP contribution is 1.95. The van der Waals surface area contributed by atoms with E-state index in [1.165, 1.54) is 12.5 Å². The normalized spacial score (nSPS) is 8.83. The quantitative estimate of drug-likeness (QED) is 0.313. The highest BCUT2D eigenvalue weighted by molar-refractivity contribution is 5.65. The van der Waals surface area contributed by atoms with Crippen molar-refractivity contribution in [3.8, 4) is 0 Å². The van der Waals surface area contributed by atoms with E-state index in [4.69, 9.17) is 0 Å². The van der Waals surface area contributed by atoms with Crippen molar-refractivity contribution >= 4 is 12.7 Å². The van der Waals surface area contributed by atoms with Gasteiger partial charge in [0.1, 0.15) is 6.61 Å². The van der Waals surface area contributed by atoms with Gasteiger partial charge in [-0.25, -0.2) is 0 Å². The Balaban J connectivity index is 0. The summed E-state index contributed by atoms with van der Waals surface area (Å²) in [5.41, 5.74) is 2.23. The molecule has 0 aromatic carbocycles. The van der Waals surface area contributed by atoms with E-state index in [1.807, 2.05) is 18.2 Å². The second-order valence-electron chi connectivity index (χ2n) is 3.67. The van der Waals surface area contributed by atoms with Crippen molar-refractivity contribution in [2.75, 3.05) is 13.2 Å². The Labute approximate surface area is 110 Å². The van der Waals surface area contributed by atoms with Crippen molar-refractivity contribution in [3.05, 3.63) is 48.6 Å². The fraction of sp³-hybridized carbons (Fsp3) is 0.333. The number of aliphatic imine (C=N–C) groups is 1. The molecule has 3 nitrogen and oxygen atoms in total.